The molecule has 0 bridgehead atoms. The summed E-state index contributed by atoms with van der Waals surface area (Å²) in [5.74, 6) is 1.26. The zero-order valence-corrected chi connectivity index (χ0v) is 14.0. The van der Waals surface area contributed by atoms with Gasteiger partial charge in [0, 0.05) is 6.20 Å². The summed E-state index contributed by atoms with van der Waals surface area (Å²) in [5.41, 5.74) is 4.00. The van der Waals surface area contributed by atoms with Gasteiger partial charge in [0.15, 0.2) is 18.1 Å². The normalized spacial score (nSPS) is 10.8. The molecule has 0 unspecified atom stereocenters. The lowest BCUT2D eigenvalue weighted by molar-refractivity contribution is -0.123. The van der Waals surface area contributed by atoms with Crippen LogP contribution in [0.1, 0.15) is 22.5 Å². The molecule has 1 N–H and O–H groups in total. The van der Waals surface area contributed by atoms with Crippen LogP contribution in [0.5, 0.6) is 5.75 Å². The Morgan fingerprint density at radius 2 is 1.92 bits per heavy atom. The third-order valence-corrected chi connectivity index (χ3v) is 3.78. The Morgan fingerprint density at radius 1 is 1.17 bits per heavy atom. The van der Waals surface area contributed by atoms with Crippen molar-refractivity contribution in [2.45, 2.75) is 27.3 Å². The average molecular weight is 324 g/mol. The molecular formula is C18H20N4O2. The number of nitrogens with zero attached hydrogens (tertiary/aromatic N) is 3. The van der Waals surface area contributed by atoms with E-state index in [1.54, 1.807) is 0 Å². The number of carbonyl (C=O) groups excluding carboxylic acids is 1. The number of rotatable bonds is 5. The summed E-state index contributed by atoms with van der Waals surface area (Å²) in [6.07, 6.45) is 1.87. The van der Waals surface area contributed by atoms with Crippen LogP contribution in [0.3, 0.4) is 0 Å². The molecule has 0 saturated carbocycles. The molecule has 0 aliphatic heterocycles. The second-order valence-electron chi connectivity index (χ2n) is 5.84. The third-order valence-electron chi connectivity index (χ3n) is 3.78. The van der Waals surface area contributed by atoms with E-state index in [9.17, 15) is 4.79 Å². The Morgan fingerprint density at radius 3 is 2.67 bits per heavy atom. The van der Waals surface area contributed by atoms with Crippen molar-refractivity contribution < 1.29 is 9.53 Å². The summed E-state index contributed by atoms with van der Waals surface area (Å²) in [5, 5.41) is 10.9. The van der Waals surface area contributed by atoms with E-state index in [0.29, 0.717) is 12.4 Å². The maximum absolute atomic E-state index is 12.0. The van der Waals surface area contributed by atoms with Crippen molar-refractivity contribution in [2.75, 3.05) is 6.61 Å². The Balaban J connectivity index is 1.59. The van der Waals surface area contributed by atoms with E-state index in [0.717, 1.165) is 22.5 Å². The van der Waals surface area contributed by atoms with E-state index < -0.39 is 0 Å². The van der Waals surface area contributed by atoms with Crippen LogP contribution in [0.4, 0.5) is 0 Å². The van der Waals surface area contributed by atoms with Gasteiger partial charge in [-0.05, 0) is 44.0 Å². The number of benzene rings is 1. The van der Waals surface area contributed by atoms with Crippen molar-refractivity contribution in [2.24, 2.45) is 0 Å². The monoisotopic (exact) mass is 324 g/mol. The van der Waals surface area contributed by atoms with E-state index in [1.807, 2.05) is 61.7 Å². The van der Waals surface area contributed by atoms with Crippen molar-refractivity contribution in [1.82, 2.24) is 19.9 Å². The quantitative estimate of drug-likeness (QED) is 0.782. The number of hydrogen-bond acceptors (Lipinski definition) is 4. The van der Waals surface area contributed by atoms with E-state index in [1.165, 1.54) is 5.56 Å². The predicted molar refractivity (Wildman–Crippen MR) is 91.0 cm³/mol. The molecule has 1 amide bonds. The van der Waals surface area contributed by atoms with Gasteiger partial charge in [-0.25, -0.2) is 0 Å². The zero-order chi connectivity index (χ0) is 17.1. The molecule has 3 rings (SSSR count). The van der Waals surface area contributed by atoms with E-state index in [4.69, 9.17) is 4.74 Å². The highest BCUT2D eigenvalue weighted by Crippen LogP contribution is 2.24. The number of pyridine rings is 1. The van der Waals surface area contributed by atoms with Crippen molar-refractivity contribution in [3.63, 3.8) is 0 Å². The number of ether oxygens (including phenoxy) is 1. The predicted octanol–water partition coefficient (Wildman–Crippen LogP) is 2.35. The summed E-state index contributed by atoms with van der Waals surface area (Å²) >= 11 is 0. The van der Waals surface area contributed by atoms with Gasteiger partial charge < -0.3 is 10.1 Å². The fourth-order valence-corrected chi connectivity index (χ4v) is 2.77. The first kappa shape index (κ1) is 16.0. The molecule has 3 aromatic rings. The highest BCUT2D eigenvalue weighted by atomic mass is 16.5. The minimum absolute atomic E-state index is 0.0263. The van der Waals surface area contributed by atoms with Gasteiger partial charge in [0.2, 0.25) is 0 Å². The number of aromatic nitrogens is 3. The van der Waals surface area contributed by atoms with Crippen molar-refractivity contribution in [3.8, 4) is 5.75 Å². The van der Waals surface area contributed by atoms with Gasteiger partial charge in [-0.15, -0.1) is 10.2 Å². The van der Waals surface area contributed by atoms with Crippen LogP contribution in [-0.2, 0) is 11.3 Å². The molecule has 1 aromatic carbocycles. The van der Waals surface area contributed by atoms with Crippen LogP contribution < -0.4 is 10.1 Å². The largest absolute Gasteiger partial charge is 0.483 e. The van der Waals surface area contributed by atoms with Crippen LogP contribution in [-0.4, -0.2) is 27.1 Å². The maximum atomic E-state index is 12.0. The molecule has 2 heterocycles. The van der Waals surface area contributed by atoms with Gasteiger partial charge >= 0.3 is 0 Å². The average Bonchev–Trinajstić information content (AvgIpc) is 2.95. The number of amides is 1. The summed E-state index contributed by atoms with van der Waals surface area (Å²) < 4.78 is 7.53. The summed E-state index contributed by atoms with van der Waals surface area (Å²) in [4.78, 5) is 12.0. The van der Waals surface area contributed by atoms with Crippen LogP contribution in [0, 0.1) is 20.8 Å². The summed E-state index contributed by atoms with van der Waals surface area (Å²) in [6, 6.07) is 9.75. The molecule has 6 nitrogen and oxygen atoms in total. The Bertz CT molecular complexity index is 863. The lowest BCUT2D eigenvalue weighted by atomic mass is 10.1. The molecular weight excluding hydrogens is 304 g/mol. The molecule has 2 aromatic heterocycles. The van der Waals surface area contributed by atoms with Crippen LogP contribution in [0.25, 0.3) is 5.65 Å². The number of nitrogens with one attached hydrogen (secondary N) is 1. The van der Waals surface area contributed by atoms with Gasteiger partial charge in [0.05, 0.1) is 6.54 Å². The SMILES string of the molecule is Cc1cc(C)c(OCC(=O)NCc2nnc3ccccn23)c(C)c1. The van der Waals surface area contributed by atoms with Gasteiger partial charge in [-0.2, -0.15) is 0 Å². The number of fused-ring (bicyclic) bond motifs is 1. The van der Waals surface area contributed by atoms with E-state index in [2.05, 4.69) is 15.5 Å². The maximum Gasteiger partial charge on any atom is 0.258 e. The standard InChI is InChI=1S/C18H20N4O2/c1-12-8-13(2)18(14(3)9-12)24-11-17(23)19-10-16-21-20-15-6-4-5-7-22(15)16/h4-9H,10-11H2,1-3H3,(H,19,23). The number of hydrogen-bond donors (Lipinski definition) is 1. The Labute approximate surface area is 140 Å². The molecule has 0 fully saturated rings. The lowest BCUT2D eigenvalue weighted by Gasteiger charge is -2.13. The van der Waals surface area contributed by atoms with E-state index >= 15 is 0 Å². The molecule has 0 atom stereocenters. The first-order valence-corrected chi connectivity index (χ1v) is 7.80. The van der Waals surface area contributed by atoms with E-state index in [-0.39, 0.29) is 12.5 Å². The Hall–Kier alpha value is -2.89. The molecule has 24 heavy (non-hydrogen) atoms. The molecule has 0 spiro atoms. The smallest absolute Gasteiger partial charge is 0.258 e. The number of aryl methyl sites for hydroxylation is 3. The van der Waals surface area contributed by atoms with Crippen LogP contribution >= 0.6 is 0 Å². The van der Waals surface area contributed by atoms with Gasteiger partial charge in [0.1, 0.15) is 5.75 Å². The second kappa shape index (κ2) is 6.70. The van der Waals surface area contributed by atoms with Gasteiger partial charge in [-0.3, -0.25) is 9.20 Å². The molecule has 0 aliphatic rings. The summed E-state index contributed by atoms with van der Waals surface area (Å²) in [7, 11) is 0. The van der Waals surface area contributed by atoms with Crippen LogP contribution in [0.15, 0.2) is 36.5 Å². The van der Waals surface area contributed by atoms with Crippen molar-refractivity contribution >= 4 is 11.6 Å². The van der Waals surface area contributed by atoms with Gasteiger partial charge in [0.25, 0.3) is 5.91 Å². The highest BCUT2D eigenvalue weighted by Gasteiger charge is 2.10. The minimum atomic E-state index is -0.193. The molecule has 0 aliphatic carbocycles. The van der Waals surface area contributed by atoms with Crippen molar-refractivity contribution in [3.05, 3.63) is 59.0 Å². The fourth-order valence-electron chi connectivity index (χ4n) is 2.77. The molecule has 0 radical (unpaired) electrons. The molecule has 0 saturated heterocycles. The summed E-state index contributed by atoms with van der Waals surface area (Å²) in [6.45, 7) is 6.28. The highest BCUT2D eigenvalue weighted by molar-refractivity contribution is 5.77. The second-order valence-corrected chi connectivity index (χ2v) is 5.84. The third kappa shape index (κ3) is 3.37. The van der Waals surface area contributed by atoms with Crippen molar-refractivity contribution in [1.29, 1.82) is 0 Å². The lowest BCUT2D eigenvalue weighted by Crippen LogP contribution is -2.29. The van der Waals surface area contributed by atoms with Crippen LogP contribution in [0.2, 0.25) is 0 Å². The Kier molecular flexibility index (Phi) is 4.46. The number of carbonyl (C=O) groups is 1. The fraction of sp³-hybridized carbons (Fsp3) is 0.278. The zero-order valence-electron chi connectivity index (χ0n) is 14.0. The first-order valence-electron chi connectivity index (χ1n) is 7.80. The van der Waals surface area contributed by atoms with Gasteiger partial charge in [-0.1, -0.05) is 23.8 Å². The first-order chi connectivity index (χ1) is 11.5. The topological polar surface area (TPSA) is 68.5 Å². The molecule has 124 valence electrons. The minimum Gasteiger partial charge on any atom is -0.483 e. The molecule has 6 heteroatoms.